The van der Waals surface area contributed by atoms with Crippen LogP contribution < -0.4 is 10.2 Å². The van der Waals surface area contributed by atoms with Gasteiger partial charge in [0, 0.05) is 28.5 Å². The summed E-state index contributed by atoms with van der Waals surface area (Å²) in [4.78, 5) is 7.00. The molecule has 6 fully saturated rings. The van der Waals surface area contributed by atoms with Crippen LogP contribution >= 0.6 is 15.8 Å². The van der Waals surface area contributed by atoms with Crippen LogP contribution in [-0.4, -0.2) is 54.1 Å². The third-order valence-corrected chi connectivity index (χ3v) is 22.2. The zero-order valence-corrected chi connectivity index (χ0v) is 36.2. The fourth-order valence-corrected chi connectivity index (χ4v) is 21.4. The van der Waals surface area contributed by atoms with E-state index in [1.807, 2.05) is 0 Å². The minimum absolute atomic E-state index is 0. The van der Waals surface area contributed by atoms with Crippen LogP contribution in [0.4, 0.5) is 0 Å². The third kappa shape index (κ3) is 16.2. The van der Waals surface area contributed by atoms with Crippen molar-refractivity contribution < 1.29 is 44.8 Å². The molecule has 292 valence electrons. The van der Waals surface area contributed by atoms with Crippen molar-refractivity contribution in [2.24, 2.45) is 0 Å². The first-order chi connectivity index (χ1) is 23.9. The Morgan fingerprint density at radius 3 is 0.640 bits per heavy atom. The Morgan fingerprint density at radius 1 is 0.320 bits per heavy atom. The normalized spacial score (nSPS) is 23.6. The van der Waals surface area contributed by atoms with Crippen LogP contribution in [0, 0.1) is 0 Å². The van der Waals surface area contributed by atoms with E-state index in [9.17, 15) is 0 Å². The van der Waals surface area contributed by atoms with Crippen molar-refractivity contribution >= 4 is 15.8 Å². The number of nitrogens with zero attached hydrogens (tertiary/aromatic N) is 6. The van der Waals surface area contributed by atoms with Crippen LogP contribution in [0.15, 0.2) is 25.3 Å². The maximum absolute atomic E-state index is 3.50. The second-order valence-corrected chi connectivity index (χ2v) is 23.1. The van der Waals surface area contributed by atoms with E-state index in [2.05, 4.69) is 30.4 Å². The van der Waals surface area contributed by atoms with E-state index in [-0.39, 0.29) is 60.6 Å². The molecule has 0 atom stereocenters. The number of hydrogen-bond donors (Lipinski definition) is 0. The van der Waals surface area contributed by atoms with E-state index < -0.39 is 0 Å². The molecule has 50 heavy (non-hydrogen) atoms. The molecule has 6 aliphatic carbocycles. The van der Waals surface area contributed by atoms with E-state index in [0.29, 0.717) is 0 Å². The predicted molar refractivity (Wildman–Crippen MR) is 209 cm³/mol. The second kappa shape index (κ2) is 28.1. The van der Waals surface area contributed by atoms with Crippen molar-refractivity contribution in [1.82, 2.24) is 30.4 Å². The maximum atomic E-state index is 3.50. The van der Waals surface area contributed by atoms with Crippen molar-refractivity contribution in [3.8, 4) is 0 Å². The van der Waals surface area contributed by atoms with Gasteiger partial charge in [-0.05, 0) is 154 Å². The maximum Gasteiger partial charge on any atom is 1.00 e. The van der Waals surface area contributed by atoms with Crippen molar-refractivity contribution in [2.75, 3.05) is 0 Å². The van der Waals surface area contributed by atoms with Crippen molar-refractivity contribution in [3.63, 3.8) is 0 Å². The van der Waals surface area contributed by atoms with Gasteiger partial charge in [-0.2, -0.15) is 0 Å². The van der Waals surface area contributed by atoms with Gasteiger partial charge in [0.1, 0.15) is 0 Å². The molecular weight excluding hydrogens is 842 g/mol. The fourth-order valence-electron chi connectivity index (χ4n) is 10.9. The summed E-state index contributed by atoms with van der Waals surface area (Å²) in [5, 5.41) is 13.4. The smallest absolute Gasteiger partial charge is 0.432 e. The zero-order chi connectivity index (χ0) is 32.9. The monoisotopic (exact) mass is 912 g/mol. The quantitative estimate of drug-likeness (QED) is 0.212. The van der Waals surface area contributed by atoms with Crippen molar-refractivity contribution in [1.29, 1.82) is 0 Å². The van der Waals surface area contributed by atoms with Crippen LogP contribution in [0.1, 0.15) is 193 Å². The van der Waals surface area contributed by atoms with Crippen molar-refractivity contribution in [2.45, 2.75) is 227 Å². The van der Waals surface area contributed by atoms with E-state index in [0.717, 1.165) is 0 Å². The number of hydrogen-bond acceptors (Lipinski definition) is 4. The molecule has 8 rings (SSSR count). The molecule has 6 nitrogen and oxygen atoms in total. The Balaban J connectivity index is 0.000000205. The summed E-state index contributed by atoms with van der Waals surface area (Å²) < 4.78 is 0. The standard InChI is InChI=1S/2C18H33P.2C2H2N3.2Ag/c2*1-4-10-16(11-5-1)19(17-12-6-2-7-13-17)18-14-8-3-9-15-18;2*1-3-2-5-4-1;;/h2*16-18H,1-15H2;2*1-2H;;/q;;2*-1;2*+1/p+2. The molecule has 0 unspecified atom stereocenters. The zero-order valence-electron chi connectivity index (χ0n) is 31.3. The minimum atomic E-state index is -0.0465. The summed E-state index contributed by atoms with van der Waals surface area (Å²) in [6.07, 6.45) is 53.1. The molecule has 0 bridgehead atoms. The molecule has 2 aromatic rings. The molecule has 10 heteroatoms. The molecular formula is C40H72Ag2N6P2+2. The predicted octanol–water partition coefficient (Wildman–Crippen LogP) is 11.3. The van der Waals surface area contributed by atoms with Gasteiger partial charge in [0.15, 0.2) is 0 Å². The van der Waals surface area contributed by atoms with Gasteiger partial charge >= 0.3 is 44.8 Å². The Bertz CT molecular complexity index is 781. The van der Waals surface area contributed by atoms with Crippen LogP contribution in [-0.2, 0) is 44.8 Å². The fraction of sp³-hybridized carbons (Fsp3) is 0.900. The Kier molecular flexibility index (Phi) is 25.3. The Hall–Kier alpha value is 0.621. The molecule has 0 N–H and O–H groups in total. The third-order valence-electron chi connectivity index (χ3n) is 13.1. The molecule has 6 saturated carbocycles. The minimum Gasteiger partial charge on any atom is -0.432 e. The summed E-state index contributed by atoms with van der Waals surface area (Å²) in [7, 11) is -0.0930. The molecule has 0 amide bonds. The van der Waals surface area contributed by atoms with Crippen LogP contribution in [0.25, 0.3) is 0 Å². The topological polar surface area (TPSA) is 79.8 Å². The average Bonchev–Trinajstić information content (AvgIpc) is 3.96. The first-order valence-corrected chi connectivity index (χ1v) is 24.6. The van der Waals surface area contributed by atoms with E-state index in [4.69, 9.17) is 0 Å². The summed E-state index contributed by atoms with van der Waals surface area (Å²) in [5.41, 5.74) is 7.36. The summed E-state index contributed by atoms with van der Waals surface area (Å²) >= 11 is 0. The van der Waals surface area contributed by atoms with E-state index in [1.165, 1.54) is 59.3 Å². The molecule has 0 saturated heterocycles. The molecule has 0 spiro atoms. The first kappa shape index (κ1) is 45.0. The van der Waals surface area contributed by atoms with Gasteiger partial charge in [0.2, 0.25) is 0 Å². The molecule has 0 aliphatic heterocycles. The van der Waals surface area contributed by atoms with Crippen LogP contribution in [0.3, 0.4) is 0 Å². The Labute approximate surface area is 340 Å². The van der Waals surface area contributed by atoms with Gasteiger partial charge in [-0.3, -0.25) is 10.2 Å². The van der Waals surface area contributed by atoms with Gasteiger partial charge in [-0.15, -0.1) is 0 Å². The van der Waals surface area contributed by atoms with Crippen LogP contribution in [0.2, 0.25) is 0 Å². The molecule has 2 aromatic heterocycles. The SMILES string of the molecule is C1CCC([PH+](C2CCCCC2)C2CCCCC2)CC1.C1CCC([PH+](C2CCCCC2)C2CCCCC2)CC1.[Ag+].[Ag+].c1nc[n-]n1.c1nc[n-]n1. The van der Waals surface area contributed by atoms with Gasteiger partial charge in [0.25, 0.3) is 0 Å². The molecule has 2 heterocycles. The summed E-state index contributed by atoms with van der Waals surface area (Å²) in [6.45, 7) is 0. The summed E-state index contributed by atoms with van der Waals surface area (Å²) in [5.74, 6) is 0. The molecule has 6 aliphatic rings. The number of aromatic nitrogens is 6. The van der Waals surface area contributed by atoms with Gasteiger partial charge in [-0.25, -0.2) is 0 Å². The van der Waals surface area contributed by atoms with Crippen LogP contribution in [0.5, 0.6) is 0 Å². The Morgan fingerprint density at radius 2 is 0.520 bits per heavy atom. The van der Waals surface area contributed by atoms with E-state index >= 15 is 0 Å². The largest absolute Gasteiger partial charge is 1.00 e. The van der Waals surface area contributed by atoms with Gasteiger partial charge < -0.3 is 20.2 Å². The van der Waals surface area contributed by atoms with Gasteiger partial charge in [-0.1, -0.05) is 51.2 Å². The van der Waals surface area contributed by atoms with Crippen molar-refractivity contribution in [3.05, 3.63) is 25.3 Å². The van der Waals surface area contributed by atoms with Gasteiger partial charge in [0.05, 0.1) is 34.0 Å². The molecule has 0 radical (unpaired) electrons. The average molecular weight is 915 g/mol. The molecule has 0 aromatic carbocycles. The summed E-state index contributed by atoms with van der Waals surface area (Å²) in [6, 6.07) is 0. The van der Waals surface area contributed by atoms with E-state index in [1.54, 1.807) is 193 Å². The number of rotatable bonds is 6. The first-order valence-electron chi connectivity index (χ1n) is 21.1. The second-order valence-electron chi connectivity index (χ2n) is 16.2.